The zero-order chi connectivity index (χ0) is 24.2. The van der Waals surface area contributed by atoms with Crippen molar-refractivity contribution in [2.75, 3.05) is 5.32 Å². The molecule has 5 aromatic rings. The Labute approximate surface area is 216 Å². The molecule has 172 valence electrons. The molecular formula is C27H18ClN3O2S2. The van der Waals surface area contributed by atoms with Crippen LogP contribution >= 0.6 is 35.2 Å². The molecule has 0 saturated carbocycles. The number of thiocarbonyl (C=S) groups is 1. The average Bonchev–Trinajstić information content (AvgIpc) is 3.51. The zero-order valence-corrected chi connectivity index (χ0v) is 20.6. The fraction of sp³-hybridized carbons (Fsp3) is 0. The molecule has 0 aliphatic heterocycles. The Hall–Kier alpha value is -3.78. The summed E-state index contributed by atoms with van der Waals surface area (Å²) >= 11 is 12.9. The Morgan fingerprint density at radius 3 is 2.57 bits per heavy atom. The zero-order valence-electron chi connectivity index (χ0n) is 18.2. The van der Waals surface area contributed by atoms with Gasteiger partial charge >= 0.3 is 0 Å². The van der Waals surface area contributed by atoms with Crippen molar-refractivity contribution in [1.82, 2.24) is 10.3 Å². The Morgan fingerprint density at radius 1 is 0.971 bits per heavy atom. The van der Waals surface area contributed by atoms with Gasteiger partial charge in [-0.3, -0.25) is 10.1 Å². The van der Waals surface area contributed by atoms with Crippen molar-refractivity contribution in [3.05, 3.63) is 102 Å². The predicted molar refractivity (Wildman–Crippen MR) is 148 cm³/mol. The first kappa shape index (κ1) is 23.0. The maximum absolute atomic E-state index is 12.4. The molecular weight excluding hydrogens is 498 g/mol. The van der Waals surface area contributed by atoms with Crippen molar-refractivity contribution < 1.29 is 9.21 Å². The van der Waals surface area contributed by atoms with E-state index in [1.807, 2.05) is 66.7 Å². The molecule has 5 rings (SSSR count). The molecule has 8 heteroatoms. The van der Waals surface area contributed by atoms with Crippen molar-refractivity contribution >= 4 is 68.2 Å². The topological polar surface area (TPSA) is 67.2 Å². The Morgan fingerprint density at radius 2 is 1.74 bits per heavy atom. The number of benzene rings is 3. The summed E-state index contributed by atoms with van der Waals surface area (Å²) in [5.41, 5.74) is 3.52. The van der Waals surface area contributed by atoms with Crippen LogP contribution < -0.4 is 10.6 Å². The summed E-state index contributed by atoms with van der Waals surface area (Å²) in [6.07, 6.45) is 2.96. The van der Waals surface area contributed by atoms with E-state index in [1.54, 1.807) is 35.6 Å². The number of anilines is 1. The highest BCUT2D eigenvalue weighted by Crippen LogP contribution is 2.34. The third-order valence-corrected chi connectivity index (χ3v) is 6.62. The molecule has 3 aromatic carbocycles. The molecule has 2 aromatic heterocycles. The van der Waals surface area contributed by atoms with Gasteiger partial charge in [-0.1, -0.05) is 35.9 Å². The number of hydrogen-bond donors (Lipinski definition) is 2. The van der Waals surface area contributed by atoms with Crippen LogP contribution in [0.2, 0.25) is 5.02 Å². The van der Waals surface area contributed by atoms with Gasteiger partial charge in [-0.05, 0) is 79.0 Å². The first-order valence-corrected chi connectivity index (χ1v) is 12.3. The summed E-state index contributed by atoms with van der Waals surface area (Å²) in [4.78, 5) is 17.1. The number of thiazole rings is 1. The van der Waals surface area contributed by atoms with Crippen molar-refractivity contribution in [1.29, 1.82) is 0 Å². The van der Waals surface area contributed by atoms with Gasteiger partial charge < -0.3 is 9.73 Å². The first-order chi connectivity index (χ1) is 17.0. The van der Waals surface area contributed by atoms with Gasteiger partial charge in [0.05, 0.1) is 15.9 Å². The van der Waals surface area contributed by atoms with Crippen LogP contribution in [0.1, 0.15) is 5.76 Å². The lowest BCUT2D eigenvalue weighted by atomic mass is 10.2. The number of halogens is 1. The predicted octanol–water partition coefficient (Wildman–Crippen LogP) is 7.40. The fourth-order valence-corrected chi connectivity index (χ4v) is 4.78. The van der Waals surface area contributed by atoms with Crippen molar-refractivity contribution in [2.24, 2.45) is 0 Å². The highest BCUT2D eigenvalue weighted by molar-refractivity contribution is 7.80. The van der Waals surface area contributed by atoms with E-state index in [1.165, 1.54) is 6.08 Å². The van der Waals surface area contributed by atoms with E-state index in [4.69, 9.17) is 33.2 Å². The van der Waals surface area contributed by atoms with Gasteiger partial charge in [0.15, 0.2) is 5.11 Å². The van der Waals surface area contributed by atoms with E-state index in [-0.39, 0.29) is 11.0 Å². The first-order valence-electron chi connectivity index (χ1n) is 10.7. The average molecular weight is 516 g/mol. The van der Waals surface area contributed by atoms with E-state index in [2.05, 4.69) is 10.6 Å². The van der Waals surface area contributed by atoms with Crippen LogP contribution in [0.25, 0.3) is 38.2 Å². The molecule has 0 fully saturated rings. The SMILES string of the molecule is O=C(C=Cc1ccc(-c2ccc(Cl)cc2)o1)NC(=S)Nc1ccccc1-c1nc2ccccc2s1. The number of carbonyl (C=O) groups excluding carboxylic acids is 1. The van der Waals surface area contributed by atoms with Crippen LogP contribution in [0, 0.1) is 0 Å². The lowest BCUT2D eigenvalue weighted by Crippen LogP contribution is -2.32. The molecule has 0 saturated heterocycles. The molecule has 0 radical (unpaired) electrons. The quantitative estimate of drug-likeness (QED) is 0.188. The highest BCUT2D eigenvalue weighted by Gasteiger charge is 2.12. The second-order valence-corrected chi connectivity index (χ2v) is 9.39. The summed E-state index contributed by atoms with van der Waals surface area (Å²) in [5, 5.41) is 7.50. The van der Waals surface area contributed by atoms with Gasteiger partial charge in [0.1, 0.15) is 16.5 Å². The van der Waals surface area contributed by atoms with Crippen LogP contribution in [0.5, 0.6) is 0 Å². The molecule has 1 amide bonds. The van der Waals surface area contributed by atoms with E-state index >= 15 is 0 Å². The van der Waals surface area contributed by atoms with E-state index in [0.29, 0.717) is 16.5 Å². The number of fused-ring (bicyclic) bond motifs is 1. The standard InChI is InChI=1S/C27H18ClN3O2S2/c28-18-11-9-17(10-12-18)23-15-13-19(33-23)14-16-25(32)31-27(34)30-21-6-2-1-5-20(21)26-29-22-7-3-4-8-24(22)35-26/h1-16H,(H2,30,31,32,34). The lowest BCUT2D eigenvalue weighted by Gasteiger charge is -2.11. The van der Waals surface area contributed by atoms with Gasteiger partial charge in [-0.2, -0.15) is 0 Å². The Bertz CT molecular complexity index is 1520. The lowest BCUT2D eigenvalue weighted by molar-refractivity contribution is -0.115. The summed E-state index contributed by atoms with van der Waals surface area (Å²) in [6.45, 7) is 0. The number of nitrogens with one attached hydrogen (secondary N) is 2. The molecule has 35 heavy (non-hydrogen) atoms. The molecule has 0 aliphatic carbocycles. The van der Waals surface area contributed by atoms with Crippen LogP contribution in [-0.2, 0) is 4.79 Å². The Kier molecular flexibility index (Phi) is 6.72. The summed E-state index contributed by atoms with van der Waals surface area (Å²) in [6, 6.07) is 26.7. The van der Waals surface area contributed by atoms with Gasteiger partial charge in [-0.15, -0.1) is 11.3 Å². The van der Waals surface area contributed by atoms with E-state index < -0.39 is 0 Å². The molecule has 0 atom stereocenters. The molecule has 0 aliphatic rings. The highest BCUT2D eigenvalue weighted by atomic mass is 35.5. The summed E-state index contributed by atoms with van der Waals surface area (Å²) in [7, 11) is 0. The van der Waals surface area contributed by atoms with Crippen molar-refractivity contribution in [3.8, 4) is 21.9 Å². The third-order valence-electron chi connectivity index (χ3n) is 5.09. The smallest absolute Gasteiger partial charge is 0.250 e. The minimum Gasteiger partial charge on any atom is -0.457 e. The number of rotatable bonds is 5. The van der Waals surface area contributed by atoms with Crippen LogP contribution in [0.15, 0.2) is 95.4 Å². The number of carbonyl (C=O) groups is 1. The number of aromatic nitrogens is 1. The summed E-state index contributed by atoms with van der Waals surface area (Å²) < 4.78 is 6.89. The monoisotopic (exact) mass is 515 g/mol. The molecule has 2 heterocycles. The number of hydrogen-bond acceptors (Lipinski definition) is 5. The third kappa shape index (κ3) is 5.49. The van der Waals surface area contributed by atoms with Crippen LogP contribution in [-0.4, -0.2) is 16.0 Å². The molecule has 0 unspecified atom stereocenters. The van der Waals surface area contributed by atoms with E-state index in [9.17, 15) is 4.79 Å². The van der Waals surface area contributed by atoms with Crippen LogP contribution in [0.3, 0.4) is 0 Å². The number of amides is 1. The molecule has 0 spiro atoms. The van der Waals surface area contributed by atoms with Gasteiger partial charge in [0.2, 0.25) is 5.91 Å². The maximum Gasteiger partial charge on any atom is 0.250 e. The minimum absolute atomic E-state index is 0.189. The Balaban J connectivity index is 1.24. The van der Waals surface area contributed by atoms with Crippen molar-refractivity contribution in [2.45, 2.75) is 0 Å². The van der Waals surface area contributed by atoms with Gasteiger partial charge in [-0.25, -0.2) is 4.98 Å². The largest absolute Gasteiger partial charge is 0.457 e. The molecule has 5 nitrogen and oxygen atoms in total. The van der Waals surface area contributed by atoms with Crippen molar-refractivity contribution in [3.63, 3.8) is 0 Å². The fourth-order valence-electron chi connectivity index (χ4n) is 3.44. The normalized spacial score (nSPS) is 11.1. The van der Waals surface area contributed by atoms with E-state index in [0.717, 1.165) is 32.0 Å². The maximum atomic E-state index is 12.4. The number of nitrogens with zero attached hydrogens (tertiary/aromatic N) is 1. The second kappa shape index (κ2) is 10.2. The number of furan rings is 1. The van der Waals surface area contributed by atoms with Gasteiger partial charge in [0.25, 0.3) is 0 Å². The summed E-state index contributed by atoms with van der Waals surface area (Å²) in [5.74, 6) is 0.861. The minimum atomic E-state index is -0.371. The number of para-hydroxylation sites is 2. The van der Waals surface area contributed by atoms with Crippen LogP contribution in [0.4, 0.5) is 5.69 Å². The molecule has 2 N–H and O–H groups in total. The second-order valence-electron chi connectivity index (χ2n) is 7.52. The molecule has 0 bridgehead atoms. The van der Waals surface area contributed by atoms with Gasteiger partial charge in [0, 0.05) is 22.2 Å².